The highest BCUT2D eigenvalue weighted by atomic mass is 16.7. The van der Waals surface area contributed by atoms with Gasteiger partial charge in [0.1, 0.15) is 5.75 Å². The van der Waals surface area contributed by atoms with E-state index in [-0.39, 0.29) is 34.2 Å². The normalized spacial score (nSPS) is 11.5. The number of carbonyl (C=O) groups is 1. The number of hydrogen-bond acceptors (Lipinski definition) is 7. The molecule has 0 atom stereocenters. The summed E-state index contributed by atoms with van der Waals surface area (Å²) in [6.45, 7) is 3.66. The molecule has 7 nitrogen and oxygen atoms in total. The van der Waals surface area contributed by atoms with Gasteiger partial charge in [0.05, 0.1) is 12.7 Å². The molecule has 148 valence electrons. The Balaban J connectivity index is 2.41. The largest absolute Gasteiger partial charge is 0.507 e. The number of allylic oxidation sites excluding steroid dienone is 1. The first-order valence-electron chi connectivity index (χ1n) is 8.22. The van der Waals surface area contributed by atoms with E-state index in [1.54, 1.807) is 0 Å². The summed E-state index contributed by atoms with van der Waals surface area (Å²) in [6, 6.07) is 7.05. The molecule has 0 aliphatic heterocycles. The first kappa shape index (κ1) is 21.0. The van der Waals surface area contributed by atoms with Crippen molar-refractivity contribution < 1.29 is 34.3 Å². The standard InChI is InChI=1S/C21H22O7/c1-5-21(27-3,28-4)15-12-14(8-10-17(15)23)16(22)9-6-13-7-11-18(24)19(25)20(13)26-2/h5-12,23-25H,1H2,2-4H3. The van der Waals surface area contributed by atoms with Crippen LogP contribution in [0.3, 0.4) is 0 Å². The lowest BCUT2D eigenvalue weighted by molar-refractivity contribution is -0.178. The molecule has 0 unspecified atom stereocenters. The molecule has 0 saturated carbocycles. The molecule has 0 saturated heterocycles. The molecule has 0 aliphatic carbocycles. The lowest BCUT2D eigenvalue weighted by Crippen LogP contribution is -2.28. The number of carbonyl (C=O) groups excluding carboxylic acids is 1. The van der Waals surface area contributed by atoms with Gasteiger partial charge in [0.2, 0.25) is 11.5 Å². The van der Waals surface area contributed by atoms with Gasteiger partial charge in [-0.1, -0.05) is 6.58 Å². The van der Waals surface area contributed by atoms with Crippen molar-refractivity contribution in [2.75, 3.05) is 21.3 Å². The highest BCUT2D eigenvalue weighted by molar-refractivity contribution is 6.07. The van der Waals surface area contributed by atoms with Gasteiger partial charge < -0.3 is 29.5 Å². The van der Waals surface area contributed by atoms with E-state index in [0.29, 0.717) is 5.56 Å². The minimum Gasteiger partial charge on any atom is -0.507 e. The van der Waals surface area contributed by atoms with Gasteiger partial charge in [-0.15, -0.1) is 0 Å². The van der Waals surface area contributed by atoms with Crippen molar-refractivity contribution >= 4 is 11.9 Å². The maximum atomic E-state index is 12.6. The van der Waals surface area contributed by atoms with Crippen molar-refractivity contribution in [3.63, 3.8) is 0 Å². The van der Waals surface area contributed by atoms with Crippen molar-refractivity contribution in [1.29, 1.82) is 0 Å². The second kappa shape index (κ2) is 8.60. The Bertz CT molecular complexity index is 911. The van der Waals surface area contributed by atoms with Crippen molar-refractivity contribution in [2.24, 2.45) is 0 Å². The molecule has 0 spiro atoms. The maximum Gasteiger partial charge on any atom is 0.218 e. The number of ketones is 1. The van der Waals surface area contributed by atoms with Crippen LogP contribution in [-0.2, 0) is 15.3 Å². The highest BCUT2D eigenvalue weighted by Gasteiger charge is 2.32. The summed E-state index contributed by atoms with van der Waals surface area (Å²) in [4.78, 5) is 12.6. The molecular formula is C21H22O7. The monoisotopic (exact) mass is 386 g/mol. The van der Waals surface area contributed by atoms with Crippen LogP contribution in [0.2, 0.25) is 0 Å². The third-order valence-electron chi connectivity index (χ3n) is 4.29. The molecule has 0 amide bonds. The minimum absolute atomic E-state index is 0.0416. The zero-order valence-electron chi connectivity index (χ0n) is 15.8. The Morgan fingerprint density at radius 2 is 1.68 bits per heavy atom. The first-order chi connectivity index (χ1) is 13.3. The van der Waals surface area contributed by atoms with Crippen LogP contribution in [0, 0.1) is 0 Å². The number of hydrogen-bond donors (Lipinski definition) is 3. The van der Waals surface area contributed by atoms with Gasteiger partial charge in [-0.2, -0.15) is 0 Å². The molecule has 0 fully saturated rings. The van der Waals surface area contributed by atoms with Gasteiger partial charge in [0.15, 0.2) is 17.3 Å². The topological polar surface area (TPSA) is 105 Å². The molecule has 2 aromatic carbocycles. The van der Waals surface area contributed by atoms with Crippen LogP contribution in [0.15, 0.2) is 49.1 Å². The van der Waals surface area contributed by atoms with Crippen molar-refractivity contribution in [2.45, 2.75) is 5.79 Å². The maximum absolute atomic E-state index is 12.6. The molecule has 2 rings (SSSR count). The van der Waals surface area contributed by atoms with E-state index in [1.807, 2.05) is 0 Å². The Morgan fingerprint density at radius 3 is 2.25 bits per heavy atom. The number of ether oxygens (including phenoxy) is 3. The average molecular weight is 386 g/mol. The van der Waals surface area contributed by atoms with E-state index in [1.165, 1.54) is 69.9 Å². The zero-order valence-corrected chi connectivity index (χ0v) is 15.8. The van der Waals surface area contributed by atoms with Crippen LogP contribution in [-0.4, -0.2) is 42.4 Å². The van der Waals surface area contributed by atoms with Gasteiger partial charge in [0, 0.05) is 25.3 Å². The van der Waals surface area contributed by atoms with Crippen LogP contribution >= 0.6 is 0 Å². The fourth-order valence-electron chi connectivity index (χ4n) is 2.73. The van der Waals surface area contributed by atoms with E-state index >= 15 is 0 Å². The number of methoxy groups -OCH3 is 3. The molecule has 0 heterocycles. The molecule has 0 radical (unpaired) electrons. The smallest absolute Gasteiger partial charge is 0.218 e. The summed E-state index contributed by atoms with van der Waals surface area (Å²) in [5.74, 6) is -2.60. The van der Waals surface area contributed by atoms with Crippen LogP contribution in [0.25, 0.3) is 6.08 Å². The third-order valence-corrected chi connectivity index (χ3v) is 4.29. The number of phenols is 3. The van der Waals surface area contributed by atoms with Crippen LogP contribution in [0.1, 0.15) is 21.5 Å². The molecule has 28 heavy (non-hydrogen) atoms. The van der Waals surface area contributed by atoms with Crippen LogP contribution in [0.4, 0.5) is 0 Å². The average Bonchev–Trinajstić information content (AvgIpc) is 2.71. The van der Waals surface area contributed by atoms with Gasteiger partial charge in [-0.05, 0) is 48.6 Å². The first-order valence-corrected chi connectivity index (χ1v) is 8.22. The number of benzene rings is 2. The zero-order chi connectivity index (χ0) is 20.9. The Kier molecular flexibility index (Phi) is 6.45. The summed E-state index contributed by atoms with van der Waals surface area (Å²) in [7, 11) is 4.12. The van der Waals surface area contributed by atoms with E-state index in [2.05, 4.69) is 6.58 Å². The second-order valence-corrected chi connectivity index (χ2v) is 5.77. The quantitative estimate of drug-likeness (QED) is 0.210. The van der Waals surface area contributed by atoms with Gasteiger partial charge >= 0.3 is 0 Å². The number of phenolic OH excluding ortho intramolecular Hbond substituents is 3. The van der Waals surface area contributed by atoms with E-state index < -0.39 is 11.5 Å². The SMILES string of the molecule is C=CC(OC)(OC)c1cc(C(=O)C=Cc2ccc(O)c(O)c2OC)ccc1O. The predicted molar refractivity (Wildman–Crippen MR) is 104 cm³/mol. The molecular weight excluding hydrogens is 364 g/mol. The molecule has 2 aromatic rings. The summed E-state index contributed by atoms with van der Waals surface area (Å²) in [6.07, 6.45) is 4.09. The Morgan fingerprint density at radius 1 is 1.04 bits per heavy atom. The summed E-state index contributed by atoms with van der Waals surface area (Å²) in [5, 5.41) is 29.6. The highest BCUT2D eigenvalue weighted by Crippen LogP contribution is 2.39. The summed E-state index contributed by atoms with van der Waals surface area (Å²) < 4.78 is 15.7. The van der Waals surface area contributed by atoms with Crippen molar-refractivity contribution in [3.05, 3.63) is 65.8 Å². The van der Waals surface area contributed by atoms with Gasteiger partial charge in [0.25, 0.3) is 0 Å². The predicted octanol–water partition coefficient (Wildman–Crippen LogP) is 3.34. The third kappa shape index (κ3) is 3.85. The fraction of sp³-hybridized carbons (Fsp3) is 0.190. The molecule has 0 aromatic heterocycles. The van der Waals surface area contributed by atoms with Crippen LogP contribution < -0.4 is 4.74 Å². The fourth-order valence-corrected chi connectivity index (χ4v) is 2.73. The van der Waals surface area contributed by atoms with Gasteiger partial charge in [-0.25, -0.2) is 0 Å². The second-order valence-electron chi connectivity index (χ2n) is 5.77. The lowest BCUT2D eigenvalue weighted by atomic mass is 9.99. The van der Waals surface area contributed by atoms with Crippen molar-refractivity contribution in [1.82, 2.24) is 0 Å². The van der Waals surface area contributed by atoms with E-state index in [4.69, 9.17) is 14.2 Å². The van der Waals surface area contributed by atoms with Crippen molar-refractivity contribution in [3.8, 4) is 23.0 Å². The van der Waals surface area contributed by atoms with E-state index in [0.717, 1.165) is 0 Å². The lowest BCUT2D eigenvalue weighted by Gasteiger charge is -2.28. The molecule has 0 aliphatic rings. The van der Waals surface area contributed by atoms with Gasteiger partial charge in [-0.3, -0.25) is 4.79 Å². The number of aromatic hydroxyl groups is 3. The summed E-state index contributed by atoms with van der Waals surface area (Å²) >= 11 is 0. The summed E-state index contributed by atoms with van der Waals surface area (Å²) in [5.41, 5.74) is 0.900. The minimum atomic E-state index is -1.41. The Labute approximate surface area is 162 Å². The van der Waals surface area contributed by atoms with E-state index in [9.17, 15) is 20.1 Å². The van der Waals surface area contributed by atoms with Crippen LogP contribution in [0.5, 0.6) is 23.0 Å². The molecule has 3 N–H and O–H groups in total. The molecule has 0 bridgehead atoms. The molecule has 7 heteroatoms. The number of rotatable bonds is 8. The Hall–Kier alpha value is -3.29.